The van der Waals surface area contributed by atoms with Crippen LogP contribution in [0.25, 0.3) is 0 Å². The molecule has 0 atom stereocenters. The number of carbonyl (C=O) groups is 4. The molecule has 0 aliphatic carbocycles. The lowest BCUT2D eigenvalue weighted by molar-refractivity contribution is -0.315. The van der Waals surface area contributed by atoms with Gasteiger partial charge in [-0.3, -0.25) is 0 Å². The first-order valence-electron chi connectivity index (χ1n) is 4.05. The summed E-state index contributed by atoms with van der Waals surface area (Å²) in [7, 11) is 0. The minimum Gasteiger partial charge on any atom is -0.550 e. The molecular formula is C8H24N4O8. The van der Waals surface area contributed by atoms with Crippen molar-refractivity contribution in [1.82, 2.24) is 24.6 Å². The predicted octanol–water partition coefficient (Wildman–Crippen LogP) is -3.96. The van der Waals surface area contributed by atoms with Gasteiger partial charge in [0.25, 0.3) is 0 Å². The standard InChI is InChI=1S/2C4H6O4.4H3N/c2*5-3(6)1-2-4(7)8;;;;/h2*1-2H2,(H,5,6)(H,7,8);4*1H3. The van der Waals surface area contributed by atoms with Crippen molar-refractivity contribution in [2.24, 2.45) is 0 Å². The van der Waals surface area contributed by atoms with E-state index in [1.807, 2.05) is 0 Å². The van der Waals surface area contributed by atoms with Crippen molar-refractivity contribution in [1.29, 1.82) is 0 Å². The Labute approximate surface area is 115 Å². The quantitative estimate of drug-likeness (QED) is 0.373. The molecule has 0 heterocycles. The summed E-state index contributed by atoms with van der Waals surface area (Å²) in [6.07, 6.45) is -1.88. The molecule has 12 nitrogen and oxygen atoms in total. The number of quaternary nitrogens is 4. The molecule has 0 aliphatic rings. The van der Waals surface area contributed by atoms with Crippen molar-refractivity contribution in [3.8, 4) is 0 Å². The highest BCUT2D eigenvalue weighted by atomic mass is 16.4. The van der Waals surface area contributed by atoms with Gasteiger partial charge in [-0.15, -0.1) is 0 Å². The van der Waals surface area contributed by atoms with E-state index in [0.717, 1.165) is 0 Å². The molecule has 0 aliphatic heterocycles. The normalized spacial score (nSPS) is 6.80. The van der Waals surface area contributed by atoms with Gasteiger partial charge in [0.15, 0.2) is 0 Å². The second-order valence-corrected chi connectivity index (χ2v) is 2.49. The van der Waals surface area contributed by atoms with Crippen LogP contribution >= 0.6 is 0 Å². The number of carboxylic acids is 4. The van der Waals surface area contributed by atoms with E-state index >= 15 is 0 Å². The zero-order valence-electron chi connectivity index (χ0n) is 12.1. The van der Waals surface area contributed by atoms with Crippen LogP contribution in [0, 0.1) is 0 Å². The maximum absolute atomic E-state index is 9.50. The Hall–Kier alpha value is -2.28. The van der Waals surface area contributed by atoms with Gasteiger partial charge in [-0.1, -0.05) is 0 Å². The van der Waals surface area contributed by atoms with E-state index in [9.17, 15) is 39.6 Å². The van der Waals surface area contributed by atoms with E-state index in [4.69, 9.17) is 0 Å². The number of carboxylic acid groups (broad SMARTS) is 4. The number of hydrogen-bond acceptors (Lipinski definition) is 8. The van der Waals surface area contributed by atoms with Crippen LogP contribution in [-0.4, -0.2) is 23.9 Å². The summed E-state index contributed by atoms with van der Waals surface area (Å²) in [5, 5.41) is 38.0. The Morgan fingerprint density at radius 1 is 0.450 bits per heavy atom. The molecule has 0 spiro atoms. The van der Waals surface area contributed by atoms with Gasteiger partial charge in [-0.2, -0.15) is 0 Å². The first kappa shape index (κ1) is 36.1. The third-order valence-corrected chi connectivity index (χ3v) is 1.07. The molecule has 16 N–H and O–H groups in total. The smallest absolute Gasteiger partial charge is 0.0418 e. The maximum Gasteiger partial charge on any atom is 0.0418 e. The van der Waals surface area contributed by atoms with Gasteiger partial charge in [0.1, 0.15) is 0 Å². The minimum atomic E-state index is -1.37. The first-order chi connectivity index (χ1) is 7.25. The molecule has 12 heteroatoms. The number of hydrogen-bond donors (Lipinski definition) is 4. The van der Waals surface area contributed by atoms with E-state index in [1.54, 1.807) is 0 Å². The topological polar surface area (TPSA) is 307 Å². The highest BCUT2D eigenvalue weighted by Crippen LogP contribution is 1.82. The van der Waals surface area contributed by atoms with Gasteiger partial charge >= 0.3 is 0 Å². The summed E-state index contributed by atoms with van der Waals surface area (Å²) < 4.78 is 0. The highest BCUT2D eigenvalue weighted by molar-refractivity contribution is 5.73. The summed E-state index contributed by atoms with van der Waals surface area (Å²) >= 11 is 0. The zero-order chi connectivity index (χ0) is 13.1. The second-order valence-electron chi connectivity index (χ2n) is 2.49. The van der Waals surface area contributed by atoms with Gasteiger partial charge in [-0.05, 0) is 25.7 Å². The van der Waals surface area contributed by atoms with E-state index in [1.165, 1.54) is 0 Å². The van der Waals surface area contributed by atoms with Crippen LogP contribution in [0.15, 0.2) is 0 Å². The summed E-state index contributed by atoms with van der Waals surface area (Å²) in [4.78, 5) is 38.0. The summed E-state index contributed by atoms with van der Waals surface area (Å²) in [5.41, 5.74) is 0. The summed E-state index contributed by atoms with van der Waals surface area (Å²) in [5.74, 6) is -5.47. The third-order valence-electron chi connectivity index (χ3n) is 1.07. The molecule has 20 heavy (non-hydrogen) atoms. The molecule has 0 bridgehead atoms. The average Bonchev–Trinajstić information content (AvgIpc) is 2.12. The molecule has 0 amide bonds. The molecule has 0 fully saturated rings. The molecule has 0 rings (SSSR count). The average molecular weight is 304 g/mol. The fourth-order valence-electron chi connectivity index (χ4n) is 0.408. The molecule has 0 aromatic heterocycles. The van der Waals surface area contributed by atoms with Crippen molar-refractivity contribution in [3.63, 3.8) is 0 Å². The van der Waals surface area contributed by atoms with Gasteiger partial charge in [0.2, 0.25) is 0 Å². The van der Waals surface area contributed by atoms with Crippen molar-refractivity contribution in [3.05, 3.63) is 0 Å². The van der Waals surface area contributed by atoms with Crippen LogP contribution in [-0.2, 0) is 19.2 Å². The molecule has 0 unspecified atom stereocenters. The number of carbonyl (C=O) groups excluding carboxylic acids is 4. The third kappa shape index (κ3) is 57.2. The summed E-state index contributed by atoms with van der Waals surface area (Å²) in [6, 6.07) is 0. The lowest BCUT2D eigenvalue weighted by Crippen LogP contribution is -2.27. The zero-order valence-corrected chi connectivity index (χ0v) is 12.1. The fraction of sp³-hybridized carbons (Fsp3) is 0.500. The van der Waals surface area contributed by atoms with Crippen LogP contribution in [0.4, 0.5) is 0 Å². The van der Waals surface area contributed by atoms with E-state index in [-0.39, 0.29) is 24.6 Å². The highest BCUT2D eigenvalue weighted by Gasteiger charge is 1.85. The number of aliphatic carboxylic acids is 4. The van der Waals surface area contributed by atoms with Crippen molar-refractivity contribution in [2.45, 2.75) is 25.7 Å². The lowest BCUT2D eigenvalue weighted by atomic mass is 10.3. The Morgan fingerprint density at radius 2 is 0.550 bits per heavy atom. The van der Waals surface area contributed by atoms with E-state index in [2.05, 4.69) is 0 Å². The predicted molar refractivity (Wildman–Crippen MR) is 62.4 cm³/mol. The molecule has 0 aromatic carbocycles. The van der Waals surface area contributed by atoms with Gasteiger partial charge in [-0.25, -0.2) is 0 Å². The van der Waals surface area contributed by atoms with Crippen molar-refractivity contribution >= 4 is 23.9 Å². The SMILES string of the molecule is O=C([O-])CCC(=O)[O-].O=C([O-])CCC(=O)[O-].[NH4+].[NH4+].[NH4+].[NH4+]. The van der Waals surface area contributed by atoms with Gasteiger partial charge in [0, 0.05) is 23.9 Å². The van der Waals surface area contributed by atoms with Crippen LogP contribution in [0.3, 0.4) is 0 Å². The maximum atomic E-state index is 9.50. The summed E-state index contributed by atoms with van der Waals surface area (Å²) in [6.45, 7) is 0. The van der Waals surface area contributed by atoms with E-state index < -0.39 is 49.6 Å². The van der Waals surface area contributed by atoms with Gasteiger partial charge in [0.05, 0.1) is 0 Å². The van der Waals surface area contributed by atoms with Crippen LogP contribution < -0.4 is 45.0 Å². The van der Waals surface area contributed by atoms with Crippen LogP contribution in [0.1, 0.15) is 25.7 Å². The Kier molecular flexibility index (Phi) is 39.6. The monoisotopic (exact) mass is 304 g/mol. The van der Waals surface area contributed by atoms with Gasteiger partial charge < -0.3 is 64.2 Å². The lowest BCUT2D eigenvalue weighted by Gasteiger charge is -2.00. The van der Waals surface area contributed by atoms with Crippen molar-refractivity contribution in [2.75, 3.05) is 0 Å². The molecule has 0 saturated heterocycles. The molecule has 0 aromatic rings. The molecule has 0 saturated carbocycles. The number of rotatable bonds is 6. The largest absolute Gasteiger partial charge is 0.550 e. The Morgan fingerprint density at radius 3 is 0.600 bits per heavy atom. The molecule has 0 radical (unpaired) electrons. The Bertz CT molecular complexity index is 228. The van der Waals surface area contributed by atoms with E-state index in [0.29, 0.717) is 0 Å². The molecular weight excluding hydrogens is 280 g/mol. The van der Waals surface area contributed by atoms with Crippen molar-refractivity contribution < 1.29 is 39.6 Å². The first-order valence-corrected chi connectivity index (χ1v) is 4.05. The fourth-order valence-corrected chi connectivity index (χ4v) is 0.408. The molecule has 124 valence electrons. The second kappa shape index (κ2) is 21.9. The van der Waals surface area contributed by atoms with Crippen LogP contribution in [0.2, 0.25) is 0 Å². The van der Waals surface area contributed by atoms with Crippen LogP contribution in [0.5, 0.6) is 0 Å². The minimum absolute atomic E-state index is 0. The Balaban J connectivity index is -0.0000000408.